The summed E-state index contributed by atoms with van der Waals surface area (Å²) in [5.74, 6) is 0.984. The molecule has 1 unspecified atom stereocenters. The van der Waals surface area contributed by atoms with Crippen LogP contribution in [0.15, 0.2) is 22.7 Å². The summed E-state index contributed by atoms with van der Waals surface area (Å²) in [4.78, 5) is 23.6. The number of hydrogen-bond donors (Lipinski definition) is 1. The van der Waals surface area contributed by atoms with Gasteiger partial charge >= 0.3 is 0 Å². The number of carbonyl (C=O) groups excluding carboxylic acids is 1. The van der Waals surface area contributed by atoms with Gasteiger partial charge in [-0.25, -0.2) is 4.98 Å². The van der Waals surface area contributed by atoms with Crippen LogP contribution in [0.25, 0.3) is 10.2 Å². The van der Waals surface area contributed by atoms with Crippen molar-refractivity contribution in [3.8, 4) is 0 Å². The summed E-state index contributed by atoms with van der Waals surface area (Å²) in [6.07, 6.45) is 1.86. The molecule has 1 aromatic carbocycles. The molecule has 0 radical (unpaired) electrons. The van der Waals surface area contributed by atoms with E-state index in [9.17, 15) is 4.79 Å². The van der Waals surface area contributed by atoms with Gasteiger partial charge in [-0.3, -0.25) is 4.79 Å². The average molecular weight is 371 g/mol. The average Bonchev–Trinajstić information content (AvgIpc) is 3.25. The lowest BCUT2D eigenvalue weighted by molar-refractivity contribution is -0.125. The second-order valence-corrected chi connectivity index (χ2v) is 7.72. The van der Waals surface area contributed by atoms with Crippen molar-refractivity contribution in [1.82, 2.24) is 20.4 Å². The summed E-state index contributed by atoms with van der Waals surface area (Å²) < 4.78 is 6.23. The number of amides is 1. The third kappa shape index (κ3) is 3.55. The van der Waals surface area contributed by atoms with Crippen molar-refractivity contribution in [3.63, 3.8) is 0 Å². The number of carbonyl (C=O) groups is 1. The fourth-order valence-electron chi connectivity index (χ4n) is 3.24. The highest BCUT2D eigenvalue weighted by atomic mass is 32.1. The molecule has 1 atom stereocenters. The molecular weight excluding hydrogens is 350 g/mol. The second-order valence-electron chi connectivity index (χ2n) is 6.71. The summed E-state index contributed by atoms with van der Waals surface area (Å²) in [5.41, 5.74) is 2.26. The minimum Gasteiger partial charge on any atom is -0.347 e. The standard InChI is InChI=1S/C18H21N5O2S/c1-11-5-6-14-15(8-11)26-18(21-14)23-7-3-4-13(10-23)17(24)19-9-16-20-12(2)22-25-16/h5-6,8,13H,3-4,7,9-10H2,1-2H3,(H,19,24). The lowest BCUT2D eigenvalue weighted by Crippen LogP contribution is -2.43. The number of aryl methyl sites for hydroxylation is 2. The molecule has 1 aliphatic rings. The normalized spacial score (nSPS) is 17.6. The molecule has 7 nitrogen and oxygen atoms in total. The highest BCUT2D eigenvalue weighted by molar-refractivity contribution is 7.22. The molecule has 1 saturated heterocycles. The van der Waals surface area contributed by atoms with Crippen LogP contribution in [0.4, 0.5) is 5.13 Å². The van der Waals surface area contributed by atoms with E-state index < -0.39 is 0 Å². The summed E-state index contributed by atoms with van der Waals surface area (Å²) >= 11 is 1.69. The maximum Gasteiger partial charge on any atom is 0.246 e. The van der Waals surface area contributed by atoms with Crippen molar-refractivity contribution in [2.24, 2.45) is 5.92 Å². The van der Waals surface area contributed by atoms with Gasteiger partial charge in [0, 0.05) is 13.1 Å². The highest BCUT2D eigenvalue weighted by Gasteiger charge is 2.27. The second kappa shape index (κ2) is 7.03. The van der Waals surface area contributed by atoms with E-state index in [1.807, 2.05) is 0 Å². The van der Waals surface area contributed by atoms with Crippen LogP contribution in [0.3, 0.4) is 0 Å². The number of anilines is 1. The topological polar surface area (TPSA) is 84.2 Å². The lowest BCUT2D eigenvalue weighted by atomic mass is 9.97. The van der Waals surface area contributed by atoms with Gasteiger partial charge in [0.05, 0.1) is 22.7 Å². The minimum absolute atomic E-state index is 0.0301. The van der Waals surface area contributed by atoms with Gasteiger partial charge in [-0.15, -0.1) is 0 Å². The quantitative estimate of drug-likeness (QED) is 0.759. The molecule has 136 valence electrons. The Hall–Kier alpha value is -2.48. The van der Waals surface area contributed by atoms with E-state index in [1.54, 1.807) is 18.3 Å². The Bertz CT molecular complexity index is 935. The van der Waals surface area contributed by atoms with Crippen molar-refractivity contribution >= 4 is 32.6 Å². The van der Waals surface area contributed by atoms with Crippen LogP contribution in [0.2, 0.25) is 0 Å². The molecule has 26 heavy (non-hydrogen) atoms. The van der Waals surface area contributed by atoms with E-state index in [0.717, 1.165) is 30.0 Å². The van der Waals surface area contributed by atoms with Crippen molar-refractivity contribution < 1.29 is 9.32 Å². The molecule has 0 bridgehead atoms. The van der Waals surface area contributed by atoms with E-state index >= 15 is 0 Å². The Morgan fingerprint density at radius 3 is 3.08 bits per heavy atom. The first-order chi connectivity index (χ1) is 12.6. The molecule has 1 N–H and O–H groups in total. The van der Waals surface area contributed by atoms with Crippen LogP contribution >= 0.6 is 11.3 Å². The van der Waals surface area contributed by atoms with Gasteiger partial charge in [0.25, 0.3) is 0 Å². The molecule has 0 spiro atoms. The van der Waals surface area contributed by atoms with Gasteiger partial charge in [0.2, 0.25) is 11.8 Å². The van der Waals surface area contributed by atoms with E-state index in [2.05, 4.69) is 45.5 Å². The Balaban J connectivity index is 1.41. The number of aromatic nitrogens is 3. The zero-order valence-electron chi connectivity index (χ0n) is 14.9. The van der Waals surface area contributed by atoms with Crippen molar-refractivity contribution in [2.45, 2.75) is 33.2 Å². The van der Waals surface area contributed by atoms with E-state index in [-0.39, 0.29) is 18.4 Å². The smallest absolute Gasteiger partial charge is 0.246 e. The summed E-state index contributed by atoms with van der Waals surface area (Å²) in [6, 6.07) is 6.31. The molecule has 0 saturated carbocycles. The number of thiazole rings is 1. The summed E-state index contributed by atoms with van der Waals surface area (Å²) in [7, 11) is 0. The van der Waals surface area contributed by atoms with Crippen molar-refractivity contribution in [3.05, 3.63) is 35.5 Å². The van der Waals surface area contributed by atoms with Gasteiger partial charge in [-0.2, -0.15) is 4.98 Å². The van der Waals surface area contributed by atoms with Crippen LogP contribution in [0.5, 0.6) is 0 Å². The predicted octanol–water partition coefficient (Wildman–Crippen LogP) is 2.83. The Morgan fingerprint density at radius 1 is 1.38 bits per heavy atom. The summed E-state index contributed by atoms with van der Waals surface area (Å²) in [6.45, 7) is 5.74. The monoisotopic (exact) mass is 371 g/mol. The first-order valence-corrected chi connectivity index (χ1v) is 9.59. The molecule has 0 aliphatic carbocycles. The number of nitrogens with zero attached hydrogens (tertiary/aromatic N) is 4. The van der Waals surface area contributed by atoms with E-state index in [0.29, 0.717) is 18.3 Å². The fourth-order valence-corrected chi connectivity index (χ4v) is 4.34. The molecule has 1 amide bonds. The largest absolute Gasteiger partial charge is 0.347 e. The van der Waals surface area contributed by atoms with Crippen molar-refractivity contribution in [1.29, 1.82) is 0 Å². The van der Waals surface area contributed by atoms with Crippen LogP contribution in [-0.2, 0) is 11.3 Å². The Kier molecular flexibility index (Phi) is 4.58. The first-order valence-electron chi connectivity index (χ1n) is 8.77. The lowest BCUT2D eigenvalue weighted by Gasteiger charge is -2.31. The number of hydrogen-bond acceptors (Lipinski definition) is 7. The number of nitrogens with one attached hydrogen (secondary N) is 1. The fraction of sp³-hybridized carbons (Fsp3) is 0.444. The third-order valence-electron chi connectivity index (χ3n) is 4.58. The van der Waals surface area contributed by atoms with E-state index in [4.69, 9.17) is 9.51 Å². The van der Waals surface area contributed by atoms with Gasteiger partial charge in [0.1, 0.15) is 0 Å². The zero-order valence-corrected chi connectivity index (χ0v) is 15.7. The molecule has 2 aromatic heterocycles. The van der Waals surface area contributed by atoms with E-state index in [1.165, 1.54) is 10.3 Å². The predicted molar refractivity (Wildman–Crippen MR) is 100 cm³/mol. The Labute approximate surface area is 155 Å². The molecule has 3 heterocycles. The van der Waals surface area contributed by atoms with Crippen LogP contribution in [-0.4, -0.2) is 34.1 Å². The highest BCUT2D eigenvalue weighted by Crippen LogP contribution is 2.32. The van der Waals surface area contributed by atoms with Gasteiger partial charge < -0.3 is 14.7 Å². The van der Waals surface area contributed by atoms with Crippen LogP contribution < -0.4 is 10.2 Å². The maximum atomic E-state index is 12.5. The molecule has 1 aliphatic heterocycles. The number of piperidine rings is 1. The third-order valence-corrected chi connectivity index (χ3v) is 5.66. The summed E-state index contributed by atoms with van der Waals surface area (Å²) in [5, 5.41) is 7.64. The maximum absolute atomic E-state index is 12.5. The van der Waals surface area contributed by atoms with Gasteiger partial charge in [-0.05, 0) is 44.4 Å². The molecular formula is C18H21N5O2S. The SMILES string of the molecule is Cc1ccc2nc(N3CCCC(C(=O)NCc4nc(C)no4)C3)sc2c1. The van der Waals surface area contributed by atoms with Gasteiger partial charge in [-0.1, -0.05) is 22.6 Å². The van der Waals surface area contributed by atoms with Gasteiger partial charge in [0.15, 0.2) is 11.0 Å². The number of benzene rings is 1. The molecule has 3 aromatic rings. The zero-order chi connectivity index (χ0) is 18.1. The minimum atomic E-state index is -0.0542. The molecule has 1 fully saturated rings. The molecule has 4 rings (SSSR count). The van der Waals surface area contributed by atoms with Crippen molar-refractivity contribution in [2.75, 3.05) is 18.0 Å². The van der Waals surface area contributed by atoms with Crippen LogP contribution in [0, 0.1) is 19.8 Å². The number of rotatable bonds is 4. The molecule has 8 heteroatoms. The van der Waals surface area contributed by atoms with Crippen LogP contribution in [0.1, 0.15) is 30.1 Å². The Morgan fingerprint density at radius 2 is 2.27 bits per heavy atom. The first kappa shape index (κ1) is 17.0. The number of fused-ring (bicyclic) bond motifs is 1.